The van der Waals surface area contributed by atoms with Gasteiger partial charge < -0.3 is 10.2 Å². The minimum absolute atomic E-state index is 0.137. The van der Waals surface area contributed by atoms with Gasteiger partial charge in [-0.15, -0.1) is 0 Å². The quantitative estimate of drug-likeness (QED) is 0.768. The topological polar surface area (TPSA) is 40.5 Å². The molecule has 0 fully saturated rings. The Morgan fingerprint density at radius 3 is 2.47 bits per heavy atom. The van der Waals surface area contributed by atoms with Crippen LogP contribution in [0.3, 0.4) is 0 Å². The van der Waals surface area contributed by atoms with Gasteiger partial charge in [-0.05, 0) is 43.2 Å². The summed E-state index contributed by atoms with van der Waals surface area (Å²) in [4.78, 5) is 0. The maximum atomic E-state index is 10.2. The van der Waals surface area contributed by atoms with Crippen molar-refractivity contribution in [2.75, 3.05) is 0 Å². The molecule has 104 valence electrons. The Labute approximate surface area is 115 Å². The first-order valence-corrected chi connectivity index (χ1v) is 7.12. The van der Waals surface area contributed by atoms with Crippen LogP contribution in [0.5, 0.6) is 11.5 Å². The minimum Gasteiger partial charge on any atom is -0.508 e. The zero-order chi connectivity index (χ0) is 14.2. The molecule has 19 heavy (non-hydrogen) atoms. The van der Waals surface area contributed by atoms with E-state index >= 15 is 0 Å². The molecule has 2 rings (SSSR count). The highest BCUT2D eigenvalue weighted by Gasteiger charge is 2.28. The van der Waals surface area contributed by atoms with Gasteiger partial charge in [0.2, 0.25) is 0 Å². The molecule has 0 radical (unpaired) electrons. The van der Waals surface area contributed by atoms with Gasteiger partial charge in [-0.25, -0.2) is 0 Å². The summed E-state index contributed by atoms with van der Waals surface area (Å²) in [5.74, 6) is 1.77. The molecule has 2 heteroatoms. The molecule has 1 aromatic carbocycles. The number of hydrogen-bond acceptors (Lipinski definition) is 2. The normalized spacial score (nSPS) is 23.5. The largest absolute Gasteiger partial charge is 0.508 e. The van der Waals surface area contributed by atoms with Gasteiger partial charge >= 0.3 is 0 Å². The third kappa shape index (κ3) is 2.78. The molecule has 0 bridgehead atoms. The van der Waals surface area contributed by atoms with Crippen molar-refractivity contribution in [1.82, 2.24) is 0 Å². The third-order valence-electron chi connectivity index (χ3n) is 4.16. The molecule has 0 spiro atoms. The van der Waals surface area contributed by atoms with Crippen LogP contribution in [0.1, 0.15) is 50.7 Å². The van der Waals surface area contributed by atoms with E-state index in [1.807, 2.05) is 6.92 Å². The summed E-state index contributed by atoms with van der Waals surface area (Å²) >= 11 is 0. The van der Waals surface area contributed by atoms with Crippen molar-refractivity contribution in [3.05, 3.63) is 34.9 Å². The Kier molecular flexibility index (Phi) is 3.88. The molecular weight excluding hydrogens is 236 g/mol. The monoisotopic (exact) mass is 260 g/mol. The highest BCUT2D eigenvalue weighted by molar-refractivity contribution is 5.50. The lowest BCUT2D eigenvalue weighted by molar-refractivity contribution is 0.415. The molecule has 0 amide bonds. The first kappa shape index (κ1) is 14.0. The summed E-state index contributed by atoms with van der Waals surface area (Å²) in [6, 6.07) is 3.20. The van der Waals surface area contributed by atoms with E-state index in [9.17, 15) is 10.2 Å². The lowest BCUT2D eigenvalue weighted by atomic mass is 9.73. The molecular formula is C17H24O2. The summed E-state index contributed by atoms with van der Waals surface area (Å²) in [6.07, 6.45) is 4.54. The van der Waals surface area contributed by atoms with Gasteiger partial charge in [0.15, 0.2) is 0 Å². The second kappa shape index (κ2) is 5.28. The molecule has 2 N–H and O–H groups in total. The second-order valence-corrected chi connectivity index (χ2v) is 6.18. The molecule has 2 atom stereocenters. The van der Waals surface area contributed by atoms with Crippen LogP contribution in [0, 0.1) is 18.8 Å². The number of benzene rings is 1. The molecule has 0 aromatic heterocycles. The first-order valence-electron chi connectivity index (χ1n) is 7.12. The average Bonchev–Trinajstić information content (AvgIpc) is 2.27. The van der Waals surface area contributed by atoms with Crippen LogP contribution >= 0.6 is 0 Å². The zero-order valence-electron chi connectivity index (χ0n) is 12.3. The fraction of sp³-hybridized carbons (Fsp3) is 0.529. The highest BCUT2D eigenvalue weighted by atomic mass is 16.3. The molecule has 2 nitrogen and oxygen atoms in total. The van der Waals surface area contributed by atoms with E-state index in [1.54, 1.807) is 6.07 Å². The predicted molar refractivity (Wildman–Crippen MR) is 78.6 cm³/mol. The smallest absolute Gasteiger partial charge is 0.123 e. The Morgan fingerprint density at radius 1 is 1.21 bits per heavy atom. The van der Waals surface area contributed by atoms with Crippen LogP contribution in [0.4, 0.5) is 0 Å². The fourth-order valence-electron chi connectivity index (χ4n) is 3.25. The van der Waals surface area contributed by atoms with Crippen molar-refractivity contribution < 1.29 is 10.2 Å². The average molecular weight is 260 g/mol. The lowest BCUT2D eigenvalue weighted by Gasteiger charge is -2.32. The van der Waals surface area contributed by atoms with Crippen LogP contribution in [-0.2, 0) is 0 Å². The van der Waals surface area contributed by atoms with Crippen molar-refractivity contribution in [2.24, 2.45) is 11.8 Å². The molecule has 0 heterocycles. The van der Waals surface area contributed by atoms with Gasteiger partial charge in [0, 0.05) is 17.5 Å². The third-order valence-corrected chi connectivity index (χ3v) is 4.16. The molecule has 0 aliphatic heterocycles. The first-order chi connectivity index (χ1) is 8.90. The van der Waals surface area contributed by atoms with Crippen LogP contribution in [0.25, 0.3) is 0 Å². The van der Waals surface area contributed by atoms with Crippen LogP contribution in [0.15, 0.2) is 23.8 Å². The second-order valence-electron chi connectivity index (χ2n) is 6.18. The molecule has 1 aromatic rings. The summed E-state index contributed by atoms with van der Waals surface area (Å²) in [5, 5.41) is 19.8. The van der Waals surface area contributed by atoms with E-state index < -0.39 is 0 Å². The van der Waals surface area contributed by atoms with Crippen molar-refractivity contribution in [1.29, 1.82) is 0 Å². The maximum Gasteiger partial charge on any atom is 0.123 e. The van der Waals surface area contributed by atoms with E-state index in [4.69, 9.17) is 0 Å². The number of allylic oxidation sites excluding steroid dienone is 2. The molecule has 0 saturated heterocycles. The molecule has 0 unspecified atom stereocenters. The lowest BCUT2D eigenvalue weighted by Crippen LogP contribution is -2.17. The number of aryl methyl sites for hydroxylation is 1. The number of phenols is 2. The highest BCUT2D eigenvalue weighted by Crippen LogP contribution is 2.45. The van der Waals surface area contributed by atoms with Gasteiger partial charge in [0.25, 0.3) is 0 Å². The van der Waals surface area contributed by atoms with Crippen molar-refractivity contribution in [3.8, 4) is 11.5 Å². The summed E-state index contributed by atoms with van der Waals surface area (Å²) < 4.78 is 0. The predicted octanol–water partition coefficient (Wildman–Crippen LogP) is 4.50. The van der Waals surface area contributed by atoms with Gasteiger partial charge in [-0.3, -0.25) is 0 Å². The molecule has 1 aliphatic carbocycles. The number of phenolic OH excluding ortho intramolecular Hbond substituents is 2. The van der Waals surface area contributed by atoms with E-state index in [0.29, 0.717) is 11.8 Å². The molecule has 0 saturated carbocycles. The standard InChI is InChI=1S/C17H24O2/c1-10(2)14-6-5-11(3)7-15(14)17-12(4)8-13(18)9-16(17)19/h6,8-11,15,18-19H,5,7H2,1-4H3/t11-,15+/m0/s1. The van der Waals surface area contributed by atoms with Gasteiger partial charge in [-0.1, -0.05) is 32.4 Å². The van der Waals surface area contributed by atoms with E-state index in [2.05, 4.69) is 26.8 Å². The molecule has 1 aliphatic rings. The summed E-state index contributed by atoms with van der Waals surface area (Å²) in [7, 11) is 0. The Morgan fingerprint density at radius 2 is 1.89 bits per heavy atom. The number of hydrogen-bond donors (Lipinski definition) is 2. The fourth-order valence-corrected chi connectivity index (χ4v) is 3.25. The van der Waals surface area contributed by atoms with Gasteiger partial charge in [-0.2, -0.15) is 0 Å². The van der Waals surface area contributed by atoms with Crippen molar-refractivity contribution >= 4 is 0 Å². The van der Waals surface area contributed by atoms with Crippen LogP contribution in [-0.4, -0.2) is 10.2 Å². The Bertz CT molecular complexity index is 477. The Hall–Kier alpha value is -1.44. The van der Waals surface area contributed by atoms with E-state index in [0.717, 1.165) is 24.0 Å². The van der Waals surface area contributed by atoms with E-state index in [-0.39, 0.29) is 17.4 Å². The van der Waals surface area contributed by atoms with E-state index in [1.165, 1.54) is 11.6 Å². The van der Waals surface area contributed by atoms with Crippen molar-refractivity contribution in [2.45, 2.75) is 46.5 Å². The number of aromatic hydroxyl groups is 2. The summed E-state index contributed by atoms with van der Waals surface area (Å²) in [6.45, 7) is 8.64. The minimum atomic E-state index is 0.137. The van der Waals surface area contributed by atoms with Gasteiger partial charge in [0.05, 0.1) is 0 Å². The van der Waals surface area contributed by atoms with Crippen LogP contribution in [0.2, 0.25) is 0 Å². The van der Waals surface area contributed by atoms with Crippen LogP contribution < -0.4 is 0 Å². The van der Waals surface area contributed by atoms with Gasteiger partial charge in [0.1, 0.15) is 11.5 Å². The number of rotatable bonds is 2. The zero-order valence-corrected chi connectivity index (χ0v) is 12.3. The Balaban J connectivity index is 2.50. The summed E-state index contributed by atoms with van der Waals surface area (Å²) in [5.41, 5.74) is 3.38. The van der Waals surface area contributed by atoms with Crippen molar-refractivity contribution in [3.63, 3.8) is 0 Å². The maximum absolute atomic E-state index is 10.2. The SMILES string of the molecule is Cc1cc(O)cc(O)c1[C@@H]1C[C@@H](C)CC=C1C(C)C.